The van der Waals surface area contributed by atoms with Crippen molar-refractivity contribution in [1.29, 1.82) is 0 Å². The summed E-state index contributed by atoms with van der Waals surface area (Å²) in [6, 6.07) is 11.3. The maximum atomic E-state index is 12.5. The van der Waals surface area contributed by atoms with E-state index in [0.29, 0.717) is 29.2 Å². The maximum Gasteiger partial charge on any atom is 0.305 e. The minimum absolute atomic E-state index is 0.253. The highest BCUT2D eigenvalue weighted by molar-refractivity contribution is 9.10. The van der Waals surface area contributed by atoms with Gasteiger partial charge in [0.1, 0.15) is 0 Å². The van der Waals surface area contributed by atoms with Gasteiger partial charge in [0, 0.05) is 10.0 Å². The smallest absolute Gasteiger partial charge is 0.305 e. The van der Waals surface area contributed by atoms with Crippen molar-refractivity contribution >= 4 is 27.8 Å². The van der Waals surface area contributed by atoms with Gasteiger partial charge in [-0.25, -0.2) is 0 Å². The topological polar surface area (TPSA) is 84.9 Å². The molecule has 0 fully saturated rings. The molecule has 1 amide bonds. The first-order valence-corrected chi connectivity index (χ1v) is 8.82. The highest BCUT2D eigenvalue weighted by Crippen LogP contribution is 2.31. The average Bonchev–Trinajstić information content (AvgIpc) is 2.61. The Morgan fingerprint density at radius 3 is 2.58 bits per heavy atom. The van der Waals surface area contributed by atoms with E-state index in [0.717, 1.165) is 4.47 Å². The van der Waals surface area contributed by atoms with Crippen LogP contribution in [0.25, 0.3) is 0 Å². The zero-order valence-electron chi connectivity index (χ0n) is 14.5. The Morgan fingerprint density at radius 2 is 1.96 bits per heavy atom. The Labute approximate surface area is 160 Å². The number of rotatable bonds is 8. The van der Waals surface area contributed by atoms with Gasteiger partial charge in [0.25, 0.3) is 5.91 Å². The predicted octanol–water partition coefficient (Wildman–Crippen LogP) is 3.80. The highest BCUT2D eigenvalue weighted by Gasteiger charge is 2.21. The van der Waals surface area contributed by atoms with Crippen LogP contribution in [0.2, 0.25) is 0 Å². The van der Waals surface area contributed by atoms with Crippen molar-refractivity contribution in [2.75, 3.05) is 13.7 Å². The van der Waals surface area contributed by atoms with Crippen LogP contribution in [0.5, 0.6) is 11.5 Å². The van der Waals surface area contributed by atoms with Crippen LogP contribution in [0.1, 0.15) is 35.3 Å². The largest absolute Gasteiger partial charge is 0.493 e. The molecular weight excluding hydrogens is 402 g/mol. The molecule has 0 saturated heterocycles. The van der Waals surface area contributed by atoms with E-state index in [-0.39, 0.29) is 12.3 Å². The normalized spacial score (nSPS) is 11.5. The van der Waals surface area contributed by atoms with Crippen LogP contribution in [-0.2, 0) is 4.79 Å². The van der Waals surface area contributed by atoms with E-state index >= 15 is 0 Å². The molecule has 138 valence electrons. The summed E-state index contributed by atoms with van der Waals surface area (Å²) in [7, 11) is 1.51. The van der Waals surface area contributed by atoms with Gasteiger partial charge in [-0.2, -0.15) is 0 Å². The highest BCUT2D eigenvalue weighted by atomic mass is 79.9. The Kier molecular flexibility index (Phi) is 7.03. The summed E-state index contributed by atoms with van der Waals surface area (Å²) in [5.41, 5.74) is 1.06. The third-order valence-electron chi connectivity index (χ3n) is 3.66. The molecule has 1 atom stereocenters. The van der Waals surface area contributed by atoms with E-state index in [1.807, 2.05) is 13.0 Å². The number of amides is 1. The van der Waals surface area contributed by atoms with Crippen molar-refractivity contribution < 1.29 is 24.2 Å². The van der Waals surface area contributed by atoms with Crippen molar-refractivity contribution in [3.8, 4) is 11.5 Å². The number of aliphatic carboxylic acids is 1. The van der Waals surface area contributed by atoms with Gasteiger partial charge in [0.05, 0.1) is 26.2 Å². The van der Waals surface area contributed by atoms with Crippen LogP contribution in [0.15, 0.2) is 46.9 Å². The van der Waals surface area contributed by atoms with E-state index in [1.54, 1.807) is 36.4 Å². The lowest BCUT2D eigenvalue weighted by atomic mass is 10.0. The molecule has 26 heavy (non-hydrogen) atoms. The van der Waals surface area contributed by atoms with Gasteiger partial charge in [-0.05, 0) is 42.8 Å². The van der Waals surface area contributed by atoms with Crippen molar-refractivity contribution in [2.24, 2.45) is 0 Å². The van der Waals surface area contributed by atoms with E-state index < -0.39 is 12.0 Å². The molecule has 7 heteroatoms. The number of halogens is 1. The number of hydrogen-bond donors (Lipinski definition) is 2. The molecule has 6 nitrogen and oxygen atoms in total. The van der Waals surface area contributed by atoms with Gasteiger partial charge in [0.15, 0.2) is 11.5 Å². The number of carboxylic acids is 1. The molecule has 0 unspecified atom stereocenters. The second-order valence-electron chi connectivity index (χ2n) is 5.48. The number of carboxylic acid groups (broad SMARTS) is 1. The van der Waals surface area contributed by atoms with Crippen LogP contribution in [-0.4, -0.2) is 30.7 Å². The molecule has 0 spiro atoms. The van der Waals surface area contributed by atoms with Crippen molar-refractivity contribution in [3.05, 3.63) is 58.1 Å². The molecule has 0 aromatic heterocycles. The van der Waals surface area contributed by atoms with Gasteiger partial charge < -0.3 is 19.9 Å². The first kappa shape index (κ1) is 19.8. The quantitative estimate of drug-likeness (QED) is 0.676. The van der Waals surface area contributed by atoms with Crippen LogP contribution < -0.4 is 14.8 Å². The summed E-state index contributed by atoms with van der Waals surface area (Å²) in [4.78, 5) is 23.8. The summed E-state index contributed by atoms with van der Waals surface area (Å²) in [5, 5.41) is 12.0. The Morgan fingerprint density at radius 1 is 1.19 bits per heavy atom. The number of ether oxygens (including phenoxy) is 2. The second kappa shape index (κ2) is 9.24. The molecule has 0 aliphatic carbocycles. The van der Waals surface area contributed by atoms with Gasteiger partial charge in [-0.3, -0.25) is 9.59 Å². The summed E-state index contributed by atoms with van der Waals surface area (Å²) < 4.78 is 11.5. The predicted molar refractivity (Wildman–Crippen MR) is 101 cm³/mol. The van der Waals surface area contributed by atoms with E-state index in [4.69, 9.17) is 9.47 Å². The lowest BCUT2D eigenvalue weighted by molar-refractivity contribution is -0.137. The van der Waals surface area contributed by atoms with Crippen LogP contribution >= 0.6 is 15.9 Å². The first-order valence-electron chi connectivity index (χ1n) is 8.03. The van der Waals surface area contributed by atoms with E-state index in [2.05, 4.69) is 21.2 Å². The Balaban J connectivity index is 2.29. The van der Waals surface area contributed by atoms with Crippen LogP contribution in [0, 0.1) is 0 Å². The van der Waals surface area contributed by atoms with Crippen molar-refractivity contribution in [2.45, 2.75) is 19.4 Å². The van der Waals surface area contributed by atoms with Gasteiger partial charge in [-0.15, -0.1) is 0 Å². The molecule has 2 rings (SSSR count). The molecule has 0 radical (unpaired) electrons. The minimum Gasteiger partial charge on any atom is -0.493 e. The average molecular weight is 422 g/mol. The molecule has 2 aromatic rings. The van der Waals surface area contributed by atoms with E-state index in [1.165, 1.54) is 7.11 Å². The molecule has 0 bridgehead atoms. The van der Waals surface area contributed by atoms with Crippen LogP contribution in [0.4, 0.5) is 0 Å². The van der Waals surface area contributed by atoms with Crippen molar-refractivity contribution in [3.63, 3.8) is 0 Å². The third-order valence-corrected chi connectivity index (χ3v) is 4.15. The summed E-state index contributed by atoms with van der Waals surface area (Å²) in [5.74, 6) is -0.328. The zero-order valence-corrected chi connectivity index (χ0v) is 16.1. The fourth-order valence-electron chi connectivity index (χ4n) is 2.47. The number of carbonyl (C=O) groups is 2. The lowest BCUT2D eigenvalue weighted by Gasteiger charge is -2.19. The van der Waals surface area contributed by atoms with E-state index in [9.17, 15) is 14.7 Å². The van der Waals surface area contributed by atoms with Crippen molar-refractivity contribution in [1.82, 2.24) is 5.32 Å². The summed E-state index contributed by atoms with van der Waals surface area (Å²) >= 11 is 3.32. The molecule has 2 aromatic carbocycles. The lowest BCUT2D eigenvalue weighted by Crippen LogP contribution is -2.30. The zero-order chi connectivity index (χ0) is 19.1. The van der Waals surface area contributed by atoms with Gasteiger partial charge in [0.2, 0.25) is 0 Å². The first-order chi connectivity index (χ1) is 12.4. The maximum absolute atomic E-state index is 12.5. The fourth-order valence-corrected chi connectivity index (χ4v) is 2.87. The monoisotopic (exact) mass is 421 g/mol. The molecule has 0 heterocycles. The molecular formula is C19H20BrNO5. The standard InChI is InChI=1S/C19H20BrNO5/c1-3-26-16-8-7-12(10-17(16)25-2)15(11-18(22)23)21-19(24)13-5-4-6-14(20)9-13/h4-10,15H,3,11H2,1-2H3,(H,21,24)(H,22,23)/t15-/m0/s1. The third kappa shape index (κ3) is 5.23. The summed E-state index contributed by atoms with van der Waals surface area (Å²) in [6.45, 7) is 2.34. The number of benzene rings is 2. The van der Waals surface area contributed by atoms with Gasteiger partial charge in [-0.1, -0.05) is 28.1 Å². The molecule has 2 N–H and O–H groups in total. The number of carbonyl (C=O) groups excluding carboxylic acids is 1. The van der Waals surface area contributed by atoms with Crippen LogP contribution in [0.3, 0.4) is 0 Å². The second-order valence-corrected chi connectivity index (χ2v) is 6.39. The molecule has 0 aliphatic rings. The number of methoxy groups -OCH3 is 1. The minimum atomic E-state index is -1.02. The Bertz CT molecular complexity index is 793. The Hall–Kier alpha value is -2.54. The molecule has 0 saturated carbocycles. The summed E-state index contributed by atoms with van der Waals surface area (Å²) in [6.07, 6.45) is -0.253. The fraction of sp³-hybridized carbons (Fsp3) is 0.263. The number of hydrogen-bond acceptors (Lipinski definition) is 4. The molecule has 0 aliphatic heterocycles. The van der Waals surface area contributed by atoms with Gasteiger partial charge >= 0.3 is 5.97 Å². The number of nitrogens with one attached hydrogen (secondary N) is 1. The SMILES string of the molecule is CCOc1ccc([C@H](CC(=O)O)NC(=O)c2cccc(Br)c2)cc1OC.